The van der Waals surface area contributed by atoms with Crippen molar-refractivity contribution in [1.29, 1.82) is 0 Å². The number of benzene rings is 1. The van der Waals surface area contributed by atoms with Crippen molar-refractivity contribution in [3.8, 4) is 0 Å². The Kier molecular flexibility index (Phi) is 2.43. The topological polar surface area (TPSA) is 43.1 Å². The first-order chi connectivity index (χ1) is 5.09. The largest absolute Gasteiger partial charge is 0.366 e. The molecule has 0 fully saturated rings. The molecule has 11 heavy (non-hydrogen) atoms. The Balaban J connectivity index is 3.19. The number of nitrogens with two attached hydrogens (primary N) is 1. The number of carbonyl (C=O) groups excluding carboxylic acids is 1. The first-order valence-corrected chi connectivity index (χ1v) is 3.93. The van der Waals surface area contributed by atoms with Crippen molar-refractivity contribution >= 4 is 28.5 Å². The van der Waals surface area contributed by atoms with Crippen LogP contribution in [-0.4, -0.2) is 5.91 Å². The van der Waals surface area contributed by atoms with E-state index in [2.05, 4.69) is 0 Å². The number of hydrogen-bond acceptors (Lipinski definition) is 1. The van der Waals surface area contributed by atoms with E-state index in [1.54, 1.807) is 0 Å². The summed E-state index contributed by atoms with van der Waals surface area (Å²) >= 11 is 1.92. The van der Waals surface area contributed by atoms with Gasteiger partial charge in [-0.1, -0.05) is 0 Å². The van der Waals surface area contributed by atoms with Crippen molar-refractivity contribution < 1.29 is 9.18 Å². The van der Waals surface area contributed by atoms with E-state index in [4.69, 9.17) is 5.73 Å². The van der Waals surface area contributed by atoms with E-state index in [0.717, 1.165) is 6.07 Å². The molecule has 0 aromatic heterocycles. The maximum absolute atomic E-state index is 12.6. The van der Waals surface area contributed by atoms with Gasteiger partial charge in [-0.25, -0.2) is 4.39 Å². The molecule has 4 heteroatoms. The number of carbonyl (C=O) groups is 1. The number of amides is 1. The zero-order chi connectivity index (χ0) is 8.43. The molecule has 1 aromatic rings. The van der Waals surface area contributed by atoms with Crippen LogP contribution in [0.2, 0.25) is 0 Å². The van der Waals surface area contributed by atoms with Gasteiger partial charge < -0.3 is 5.73 Å². The average molecular weight is 265 g/mol. The van der Waals surface area contributed by atoms with Gasteiger partial charge in [-0.3, -0.25) is 4.79 Å². The maximum Gasteiger partial charge on any atom is 0.248 e. The maximum atomic E-state index is 12.6. The van der Waals surface area contributed by atoms with E-state index in [9.17, 15) is 9.18 Å². The summed E-state index contributed by atoms with van der Waals surface area (Å²) in [5.41, 5.74) is 5.15. The molecule has 0 aliphatic heterocycles. The van der Waals surface area contributed by atoms with Gasteiger partial charge in [-0.15, -0.1) is 0 Å². The van der Waals surface area contributed by atoms with Crippen LogP contribution >= 0.6 is 22.6 Å². The summed E-state index contributed by atoms with van der Waals surface area (Å²) < 4.78 is 13.2. The summed E-state index contributed by atoms with van der Waals surface area (Å²) in [6.45, 7) is 0. The molecule has 0 heterocycles. The van der Waals surface area contributed by atoms with Crippen LogP contribution < -0.4 is 5.73 Å². The van der Waals surface area contributed by atoms with E-state index < -0.39 is 11.7 Å². The van der Waals surface area contributed by atoms with E-state index in [1.165, 1.54) is 12.1 Å². The van der Waals surface area contributed by atoms with Gasteiger partial charge in [0.25, 0.3) is 0 Å². The van der Waals surface area contributed by atoms with Crippen LogP contribution in [0.5, 0.6) is 0 Å². The summed E-state index contributed by atoms with van der Waals surface area (Å²) in [7, 11) is 0. The Morgan fingerprint density at radius 3 is 2.55 bits per heavy atom. The third-order valence-corrected chi connectivity index (χ3v) is 1.77. The van der Waals surface area contributed by atoms with Gasteiger partial charge in [0.1, 0.15) is 5.82 Å². The molecular weight excluding hydrogens is 260 g/mol. The van der Waals surface area contributed by atoms with Gasteiger partial charge >= 0.3 is 0 Å². The van der Waals surface area contributed by atoms with Gasteiger partial charge in [-0.2, -0.15) is 0 Å². The van der Waals surface area contributed by atoms with Crippen LogP contribution in [0.1, 0.15) is 10.4 Å². The molecule has 0 bridgehead atoms. The monoisotopic (exact) mass is 265 g/mol. The van der Waals surface area contributed by atoms with Gasteiger partial charge in [-0.05, 0) is 40.8 Å². The van der Waals surface area contributed by atoms with Crippen molar-refractivity contribution in [3.63, 3.8) is 0 Å². The fourth-order valence-corrected chi connectivity index (χ4v) is 1.33. The summed E-state index contributed by atoms with van der Waals surface area (Å²) in [6, 6.07) is 3.98. The van der Waals surface area contributed by atoms with E-state index in [0.29, 0.717) is 3.57 Å². The van der Waals surface area contributed by atoms with Crippen LogP contribution in [0.15, 0.2) is 18.2 Å². The Morgan fingerprint density at radius 1 is 1.45 bits per heavy atom. The van der Waals surface area contributed by atoms with Gasteiger partial charge in [0.2, 0.25) is 5.91 Å². The molecule has 0 radical (unpaired) electrons. The highest BCUT2D eigenvalue weighted by molar-refractivity contribution is 14.1. The number of halogens is 2. The smallest absolute Gasteiger partial charge is 0.248 e. The summed E-state index contributed by atoms with van der Waals surface area (Å²) in [4.78, 5) is 10.6. The highest BCUT2D eigenvalue weighted by Crippen LogP contribution is 2.10. The highest BCUT2D eigenvalue weighted by atomic mass is 127. The second-order valence-corrected chi connectivity index (χ2v) is 3.27. The van der Waals surface area contributed by atoms with Crippen molar-refractivity contribution in [1.82, 2.24) is 0 Å². The first-order valence-electron chi connectivity index (χ1n) is 2.85. The van der Waals surface area contributed by atoms with E-state index in [-0.39, 0.29) is 5.56 Å². The molecule has 0 saturated carbocycles. The van der Waals surface area contributed by atoms with Gasteiger partial charge in [0.15, 0.2) is 0 Å². The van der Waals surface area contributed by atoms with Crippen molar-refractivity contribution in [3.05, 3.63) is 33.1 Å². The van der Waals surface area contributed by atoms with Crippen molar-refractivity contribution in [2.75, 3.05) is 0 Å². The minimum atomic E-state index is -0.609. The average Bonchev–Trinajstić information content (AvgIpc) is 1.85. The fourth-order valence-electron chi connectivity index (χ4n) is 0.696. The molecule has 0 spiro atoms. The lowest BCUT2D eigenvalue weighted by atomic mass is 10.2. The molecule has 1 amide bonds. The molecular formula is C7H5FINO. The highest BCUT2D eigenvalue weighted by Gasteiger charge is 2.02. The number of primary amides is 1. The molecule has 0 unspecified atom stereocenters. The van der Waals surface area contributed by atoms with Crippen LogP contribution in [0.3, 0.4) is 0 Å². The Hall–Kier alpha value is -0.650. The van der Waals surface area contributed by atoms with Crippen LogP contribution in [-0.2, 0) is 0 Å². The van der Waals surface area contributed by atoms with E-state index in [1.807, 2.05) is 22.6 Å². The molecule has 58 valence electrons. The predicted octanol–water partition coefficient (Wildman–Crippen LogP) is 1.53. The quantitative estimate of drug-likeness (QED) is 0.769. The lowest BCUT2D eigenvalue weighted by molar-refractivity contribution is 0.1000. The lowest BCUT2D eigenvalue weighted by Gasteiger charge is -1.96. The second-order valence-electron chi connectivity index (χ2n) is 2.02. The second kappa shape index (κ2) is 3.17. The lowest BCUT2D eigenvalue weighted by Crippen LogP contribution is -2.11. The molecule has 2 N–H and O–H groups in total. The number of hydrogen-bond donors (Lipinski definition) is 1. The summed E-state index contributed by atoms with van der Waals surface area (Å²) in [5.74, 6) is -1.05. The Bertz CT molecular complexity index is 280. The standard InChI is InChI=1S/C7H5FINO/c8-5-1-4(7(10)11)2-6(9)3-5/h1-3H,(H2,10,11). The number of rotatable bonds is 1. The predicted molar refractivity (Wildman–Crippen MR) is 47.6 cm³/mol. The van der Waals surface area contributed by atoms with Crippen molar-refractivity contribution in [2.45, 2.75) is 0 Å². The molecule has 1 rings (SSSR count). The fraction of sp³-hybridized carbons (Fsp3) is 0. The normalized spacial score (nSPS) is 9.64. The third kappa shape index (κ3) is 2.14. The first kappa shape index (κ1) is 8.45. The van der Waals surface area contributed by atoms with Gasteiger partial charge in [0, 0.05) is 9.13 Å². The zero-order valence-corrected chi connectivity index (χ0v) is 7.63. The van der Waals surface area contributed by atoms with Crippen LogP contribution in [0.4, 0.5) is 4.39 Å². The van der Waals surface area contributed by atoms with Crippen LogP contribution in [0.25, 0.3) is 0 Å². The van der Waals surface area contributed by atoms with Crippen molar-refractivity contribution in [2.24, 2.45) is 5.73 Å². The molecule has 0 saturated heterocycles. The van der Waals surface area contributed by atoms with Crippen LogP contribution in [0, 0.1) is 9.39 Å². The zero-order valence-electron chi connectivity index (χ0n) is 5.47. The Labute approximate surface area is 76.7 Å². The minimum absolute atomic E-state index is 0.203. The Morgan fingerprint density at radius 2 is 2.09 bits per heavy atom. The van der Waals surface area contributed by atoms with Gasteiger partial charge in [0.05, 0.1) is 0 Å². The molecule has 2 nitrogen and oxygen atoms in total. The molecule has 0 aliphatic rings. The third-order valence-electron chi connectivity index (χ3n) is 1.15. The molecule has 0 atom stereocenters. The summed E-state index contributed by atoms with van der Waals surface area (Å²) in [6.07, 6.45) is 0. The summed E-state index contributed by atoms with van der Waals surface area (Å²) in [5, 5.41) is 0. The minimum Gasteiger partial charge on any atom is -0.366 e. The SMILES string of the molecule is NC(=O)c1cc(F)cc(I)c1. The molecule has 0 aliphatic carbocycles. The molecule has 1 aromatic carbocycles. The van der Waals surface area contributed by atoms with E-state index >= 15 is 0 Å².